The number of amides is 1. The predicted octanol–water partition coefficient (Wildman–Crippen LogP) is 2.25. The van der Waals surface area contributed by atoms with E-state index in [4.69, 9.17) is 5.26 Å². The van der Waals surface area contributed by atoms with Crippen molar-refractivity contribution in [1.29, 1.82) is 5.26 Å². The molecule has 0 aromatic heterocycles. The average molecular weight is 279 g/mol. The van der Waals surface area contributed by atoms with Gasteiger partial charge in [0.2, 0.25) is 5.91 Å². The van der Waals surface area contributed by atoms with Gasteiger partial charge in [-0.2, -0.15) is 5.26 Å². The summed E-state index contributed by atoms with van der Waals surface area (Å²) in [5.41, 5.74) is 1.84. The smallest absolute Gasteiger partial charge is 0.228 e. The van der Waals surface area contributed by atoms with Crippen molar-refractivity contribution in [2.24, 2.45) is 0 Å². The third-order valence-electron chi connectivity index (χ3n) is 2.58. The van der Waals surface area contributed by atoms with E-state index in [1.165, 1.54) is 0 Å². The highest BCUT2D eigenvalue weighted by molar-refractivity contribution is 9.09. The summed E-state index contributed by atoms with van der Waals surface area (Å²) in [6.45, 7) is 0.703. The minimum absolute atomic E-state index is 0.135. The van der Waals surface area contributed by atoms with Gasteiger partial charge in [-0.3, -0.25) is 4.79 Å². The fraction of sp³-hybridized carbons (Fsp3) is 0.333. The summed E-state index contributed by atoms with van der Waals surface area (Å²) in [6.07, 6.45) is 0.927. The highest BCUT2D eigenvalue weighted by atomic mass is 79.9. The number of alkyl halides is 1. The van der Waals surface area contributed by atoms with Crippen LogP contribution in [0.15, 0.2) is 24.3 Å². The van der Waals surface area contributed by atoms with E-state index < -0.39 is 0 Å². The van der Waals surface area contributed by atoms with Crippen LogP contribution in [-0.4, -0.2) is 17.3 Å². The Labute approximate surface area is 103 Å². The van der Waals surface area contributed by atoms with Crippen LogP contribution in [0, 0.1) is 11.3 Å². The zero-order valence-corrected chi connectivity index (χ0v) is 10.3. The van der Waals surface area contributed by atoms with Gasteiger partial charge >= 0.3 is 0 Å². The van der Waals surface area contributed by atoms with Crippen LogP contribution >= 0.6 is 15.9 Å². The third kappa shape index (κ3) is 2.25. The van der Waals surface area contributed by atoms with Crippen LogP contribution in [0.5, 0.6) is 0 Å². The quantitative estimate of drug-likeness (QED) is 0.779. The SMILES string of the molecule is N#CCc1cccc(N2CC(Br)CC2=O)c1. The molecule has 0 N–H and O–H groups in total. The van der Waals surface area contributed by atoms with Crippen molar-refractivity contribution in [2.45, 2.75) is 17.7 Å². The Hall–Kier alpha value is -1.34. The van der Waals surface area contributed by atoms with Gasteiger partial charge in [0.1, 0.15) is 0 Å². The largest absolute Gasteiger partial charge is 0.311 e. The fourth-order valence-corrected chi connectivity index (χ4v) is 2.41. The number of carbonyl (C=O) groups is 1. The van der Waals surface area contributed by atoms with Crippen molar-refractivity contribution in [1.82, 2.24) is 0 Å². The van der Waals surface area contributed by atoms with Crippen LogP contribution in [0.3, 0.4) is 0 Å². The molecule has 2 rings (SSSR count). The van der Waals surface area contributed by atoms with E-state index in [1.54, 1.807) is 4.90 Å². The minimum Gasteiger partial charge on any atom is -0.311 e. The zero-order chi connectivity index (χ0) is 11.5. The van der Waals surface area contributed by atoms with E-state index in [0.717, 1.165) is 11.3 Å². The molecule has 1 saturated heterocycles. The average Bonchev–Trinajstić information content (AvgIpc) is 2.59. The Morgan fingerprint density at radius 1 is 1.56 bits per heavy atom. The molecule has 3 nitrogen and oxygen atoms in total. The molecule has 1 aromatic rings. The summed E-state index contributed by atoms with van der Waals surface area (Å²) in [5, 5.41) is 8.63. The van der Waals surface area contributed by atoms with Gasteiger partial charge in [-0.25, -0.2) is 0 Å². The molecule has 0 radical (unpaired) electrons. The van der Waals surface area contributed by atoms with Gasteiger partial charge < -0.3 is 4.90 Å². The Balaban J connectivity index is 2.24. The van der Waals surface area contributed by atoms with E-state index in [9.17, 15) is 4.79 Å². The Kier molecular flexibility index (Phi) is 3.25. The maximum Gasteiger partial charge on any atom is 0.228 e. The van der Waals surface area contributed by atoms with Crippen molar-refractivity contribution in [3.05, 3.63) is 29.8 Å². The number of hydrogen-bond acceptors (Lipinski definition) is 2. The van der Waals surface area contributed by atoms with Gasteiger partial charge in [0.05, 0.1) is 12.5 Å². The standard InChI is InChI=1S/C12H11BrN2O/c13-10-7-12(16)15(8-10)11-3-1-2-9(6-11)4-5-14/h1-3,6,10H,4,7-8H2. The lowest BCUT2D eigenvalue weighted by molar-refractivity contribution is -0.117. The second-order valence-electron chi connectivity index (χ2n) is 3.81. The minimum atomic E-state index is 0.135. The van der Waals surface area contributed by atoms with E-state index in [1.807, 2.05) is 24.3 Å². The molecule has 16 heavy (non-hydrogen) atoms. The van der Waals surface area contributed by atoms with Gasteiger partial charge in [-0.1, -0.05) is 28.1 Å². The van der Waals surface area contributed by atoms with E-state index in [0.29, 0.717) is 19.4 Å². The maximum atomic E-state index is 11.7. The van der Waals surface area contributed by atoms with Crippen LogP contribution in [0.1, 0.15) is 12.0 Å². The molecular formula is C12H11BrN2O. The lowest BCUT2D eigenvalue weighted by Crippen LogP contribution is -2.24. The molecule has 1 aliphatic rings. The normalized spacial score (nSPS) is 19.9. The van der Waals surface area contributed by atoms with Gasteiger partial charge in [0.25, 0.3) is 0 Å². The highest BCUT2D eigenvalue weighted by Gasteiger charge is 2.28. The van der Waals surface area contributed by atoms with Gasteiger partial charge in [0, 0.05) is 23.5 Å². The van der Waals surface area contributed by atoms with Gasteiger partial charge in [-0.15, -0.1) is 0 Å². The highest BCUT2D eigenvalue weighted by Crippen LogP contribution is 2.25. The predicted molar refractivity (Wildman–Crippen MR) is 65.4 cm³/mol. The van der Waals surface area contributed by atoms with Crippen LogP contribution < -0.4 is 4.90 Å². The van der Waals surface area contributed by atoms with Crippen molar-refractivity contribution in [2.75, 3.05) is 11.4 Å². The molecule has 0 spiro atoms. The number of hydrogen-bond donors (Lipinski definition) is 0. The topological polar surface area (TPSA) is 44.1 Å². The number of carbonyl (C=O) groups excluding carboxylic acids is 1. The first-order chi connectivity index (χ1) is 7.70. The number of benzene rings is 1. The van der Waals surface area contributed by atoms with Crippen molar-refractivity contribution >= 4 is 27.5 Å². The van der Waals surface area contributed by atoms with Crippen molar-refractivity contribution in [3.63, 3.8) is 0 Å². The van der Waals surface area contributed by atoms with Crippen molar-refractivity contribution in [3.8, 4) is 6.07 Å². The van der Waals surface area contributed by atoms with Crippen LogP contribution in [-0.2, 0) is 11.2 Å². The van der Waals surface area contributed by atoms with E-state index in [2.05, 4.69) is 22.0 Å². The number of halogens is 1. The summed E-state index contributed by atoms with van der Waals surface area (Å²) in [6, 6.07) is 9.71. The monoisotopic (exact) mass is 278 g/mol. The molecule has 1 heterocycles. The molecule has 1 fully saturated rings. The number of nitrogens with zero attached hydrogens (tertiary/aromatic N) is 2. The molecule has 1 unspecified atom stereocenters. The summed E-state index contributed by atoms with van der Waals surface area (Å²) in [7, 11) is 0. The lowest BCUT2D eigenvalue weighted by atomic mass is 10.1. The van der Waals surface area contributed by atoms with Crippen LogP contribution in [0.4, 0.5) is 5.69 Å². The van der Waals surface area contributed by atoms with Crippen molar-refractivity contribution < 1.29 is 4.79 Å². The molecule has 1 atom stereocenters. The second kappa shape index (κ2) is 4.67. The summed E-state index contributed by atoms with van der Waals surface area (Å²) >= 11 is 3.45. The molecule has 0 saturated carbocycles. The number of anilines is 1. The summed E-state index contributed by atoms with van der Waals surface area (Å²) < 4.78 is 0. The molecule has 4 heteroatoms. The maximum absolute atomic E-state index is 11.7. The molecular weight excluding hydrogens is 268 g/mol. The Bertz CT molecular complexity index is 453. The molecule has 0 bridgehead atoms. The number of rotatable bonds is 2. The van der Waals surface area contributed by atoms with E-state index in [-0.39, 0.29) is 10.7 Å². The zero-order valence-electron chi connectivity index (χ0n) is 8.69. The van der Waals surface area contributed by atoms with Crippen LogP contribution in [0.2, 0.25) is 0 Å². The third-order valence-corrected chi connectivity index (χ3v) is 3.20. The first kappa shape index (κ1) is 11.2. The summed E-state index contributed by atoms with van der Waals surface area (Å²) in [5.74, 6) is 0.135. The molecule has 1 amide bonds. The van der Waals surface area contributed by atoms with Gasteiger partial charge in [0.15, 0.2) is 0 Å². The summed E-state index contributed by atoms with van der Waals surface area (Å²) in [4.78, 5) is 13.7. The Morgan fingerprint density at radius 2 is 2.38 bits per heavy atom. The Morgan fingerprint density at radius 3 is 3.00 bits per heavy atom. The molecule has 0 aliphatic carbocycles. The fourth-order valence-electron chi connectivity index (χ4n) is 1.84. The first-order valence-corrected chi connectivity index (χ1v) is 6.02. The molecule has 1 aromatic carbocycles. The van der Waals surface area contributed by atoms with E-state index >= 15 is 0 Å². The first-order valence-electron chi connectivity index (χ1n) is 5.11. The lowest BCUT2D eigenvalue weighted by Gasteiger charge is -2.16. The molecule has 82 valence electrons. The second-order valence-corrected chi connectivity index (χ2v) is 5.11. The molecule has 1 aliphatic heterocycles. The number of nitriles is 1. The van der Waals surface area contributed by atoms with Gasteiger partial charge in [-0.05, 0) is 17.7 Å². The van der Waals surface area contributed by atoms with Crippen LogP contribution in [0.25, 0.3) is 0 Å².